The smallest absolute Gasteiger partial charge is 0.383 e. The lowest BCUT2D eigenvalue weighted by Crippen LogP contribution is -2.17. The number of rotatable bonds is 2. The molecule has 2 aromatic heterocycles. The number of halogens is 3. The first-order valence-corrected chi connectivity index (χ1v) is 5.59. The maximum absolute atomic E-state index is 13.1. The summed E-state index contributed by atoms with van der Waals surface area (Å²) < 4.78 is 39.8. The van der Waals surface area contributed by atoms with Crippen LogP contribution >= 0.6 is 0 Å². The van der Waals surface area contributed by atoms with Crippen LogP contribution in [0.25, 0.3) is 5.82 Å². The second-order valence-electron chi connectivity index (χ2n) is 4.09. The van der Waals surface area contributed by atoms with E-state index in [-0.39, 0.29) is 17.2 Å². The van der Waals surface area contributed by atoms with Crippen molar-refractivity contribution in [2.24, 2.45) is 0 Å². The van der Waals surface area contributed by atoms with Crippen molar-refractivity contribution in [3.63, 3.8) is 0 Å². The molecule has 2 rings (SSSR count). The van der Waals surface area contributed by atoms with Crippen molar-refractivity contribution in [3.05, 3.63) is 35.2 Å². The Morgan fingerprint density at radius 3 is 2.57 bits per heavy atom. The molecule has 9 heteroatoms. The maximum atomic E-state index is 13.1. The normalized spacial score (nSPS) is 11.2. The first kappa shape index (κ1) is 14.5. The number of ketones is 1. The van der Waals surface area contributed by atoms with E-state index >= 15 is 0 Å². The number of hydrogen-bond donors (Lipinski definition) is 1. The summed E-state index contributed by atoms with van der Waals surface area (Å²) in [5, 5.41) is 12.3. The zero-order chi connectivity index (χ0) is 15.8. The molecular weight excluding hydrogens is 287 g/mol. The van der Waals surface area contributed by atoms with E-state index in [0.717, 1.165) is 13.1 Å². The minimum Gasteiger partial charge on any atom is -0.383 e. The van der Waals surface area contributed by atoms with Crippen LogP contribution in [0.4, 0.5) is 19.0 Å². The first-order chi connectivity index (χ1) is 9.75. The average molecular weight is 295 g/mol. The molecule has 108 valence electrons. The van der Waals surface area contributed by atoms with Gasteiger partial charge in [0.1, 0.15) is 11.9 Å². The number of alkyl halides is 3. The molecule has 0 aliphatic heterocycles. The number of nitriles is 1. The second kappa shape index (κ2) is 4.90. The molecule has 21 heavy (non-hydrogen) atoms. The molecule has 0 aromatic carbocycles. The highest BCUT2D eigenvalue weighted by Crippen LogP contribution is 2.33. The van der Waals surface area contributed by atoms with Gasteiger partial charge < -0.3 is 5.73 Å². The third kappa shape index (κ3) is 2.55. The topological polar surface area (TPSA) is 97.6 Å². The van der Waals surface area contributed by atoms with Gasteiger partial charge in [0.05, 0.1) is 17.3 Å². The van der Waals surface area contributed by atoms with Crippen LogP contribution < -0.4 is 5.73 Å². The zero-order valence-electron chi connectivity index (χ0n) is 10.6. The predicted molar refractivity (Wildman–Crippen MR) is 65.5 cm³/mol. The lowest BCUT2D eigenvalue weighted by molar-refractivity contribution is -0.143. The Morgan fingerprint density at radius 1 is 1.43 bits per heavy atom. The van der Waals surface area contributed by atoms with Crippen LogP contribution in [0.15, 0.2) is 18.3 Å². The molecule has 0 unspecified atom stereocenters. The zero-order valence-corrected chi connectivity index (χ0v) is 10.6. The quantitative estimate of drug-likeness (QED) is 0.854. The van der Waals surface area contributed by atoms with Gasteiger partial charge in [0.15, 0.2) is 17.3 Å². The number of hydrogen-bond acceptors (Lipinski definition) is 5. The van der Waals surface area contributed by atoms with Crippen molar-refractivity contribution in [1.29, 1.82) is 5.26 Å². The van der Waals surface area contributed by atoms with E-state index in [1.54, 1.807) is 6.07 Å². The molecule has 2 aromatic rings. The number of aromatic nitrogens is 3. The number of Topliss-reactive ketones (excluding diaryl/α,β-unsaturated/α-hetero) is 1. The number of nitrogen functional groups attached to an aromatic ring is 1. The highest BCUT2D eigenvalue weighted by Gasteiger charge is 2.40. The van der Waals surface area contributed by atoms with E-state index in [9.17, 15) is 18.0 Å². The van der Waals surface area contributed by atoms with Crippen molar-refractivity contribution in [3.8, 4) is 11.9 Å². The summed E-state index contributed by atoms with van der Waals surface area (Å²) in [5.41, 5.74) is 3.71. The summed E-state index contributed by atoms with van der Waals surface area (Å²) in [7, 11) is 0. The van der Waals surface area contributed by atoms with E-state index in [2.05, 4.69) is 10.1 Å². The standard InChI is InChI=1S/C12H8F3N5O/c1-6(21)8-5-18-20(10(8)12(13,14)15)9-3-2-7(4-16)11(17)19-9/h2-3,5H,1H3,(H2,17,19). The van der Waals surface area contributed by atoms with Crippen molar-refractivity contribution in [1.82, 2.24) is 14.8 Å². The van der Waals surface area contributed by atoms with Gasteiger partial charge in [-0.05, 0) is 19.1 Å². The van der Waals surface area contributed by atoms with E-state index in [1.165, 1.54) is 12.1 Å². The molecule has 0 radical (unpaired) electrons. The van der Waals surface area contributed by atoms with E-state index in [1.807, 2.05) is 0 Å². The Hall–Kier alpha value is -2.89. The molecule has 0 aliphatic carbocycles. The predicted octanol–water partition coefficient (Wildman–Crippen LogP) is 1.94. The molecular formula is C12H8F3N5O. The number of carbonyl (C=O) groups excluding carboxylic acids is 1. The Balaban J connectivity index is 2.68. The SMILES string of the molecule is CC(=O)c1cnn(-c2ccc(C#N)c(N)n2)c1C(F)(F)F. The number of pyridine rings is 1. The van der Waals surface area contributed by atoms with Gasteiger partial charge in [-0.2, -0.15) is 23.5 Å². The van der Waals surface area contributed by atoms with Crippen LogP contribution in [0.5, 0.6) is 0 Å². The number of nitrogens with two attached hydrogens (primary N) is 1. The van der Waals surface area contributed by atoms with Crippen LogP contribution in [0.1, 0.15) is 28.5 Å². The van der Waals surface area contributed by atoms with Crippen molar-refractivity contribution in [2.75, 3.05) is 5.73 Å². The summed E-state index contributed by atoms with van der Waals surface area (Å²) in [6.07, 6.45) is -3.97. The van der Waals surface area contributed by atoms with Gasteiger partial charge in [-0.3, -0.25) is 4.79 Å². The van der Waals surface area contributed by atoms with E-state index in [4.69, 9.17) is 11.0 Å². The van der Waals surface area contributed by atoms with Crippen LogP contribution in [0, 0.1) is 11.3 Å². The fourth-order valence-corrected chi connectivity index (χ4v) is 1.73. The lowest BCUT2D eigenvalue weighted by Gasteiger charge is -2.11. The molecule has 0 spiro atoms. The Morgan fingerprint density at radius 2 is 2.10 bits per heavy atom. The molecule has 0 saturated heterocycles. The average Bonchev–Trinajstić information content (AvgIpc) is 2.83. The second-order valence-corrected chi connectivity index (χ2v) is 4.09. The largest absolute Gasteiger partial charge is 0.434 e. The molecule has 0 amide bonds. The van der Waals surface area contributed by atoms with Crippen molar-refractivity contribution < 1.29 is 18.0 Å². The van der Waals surface area contributed by atoms with Gasteiger partial charge in [0.25, 0.3) is 0 Å². The Bertz CT molecular complexity index is 757. The number of anilines is 1. The van der Waals surface area contributed by atoms with Crippen LogP contribution in [-0.2, 0) is 6.18 Å². The van der Waals surface area contributed by atoms with Gasteiger partial charge in [-0.1, -0.05) is 0 Å². The molecule has 0 fully saturated rings. The monoisotopic (exact) mass is 295 g/mol. The highest BCUT2D eigenvalue weighted by molar-refractivity contribution is 5.95. The summed E-state index contributed by atoms with van der Waals surface area (Å²) in [5.74, 6) is -1.22. The third-order valence-electron chi connectivity index (χ3n) is 2.66. The van der Waals surface area contributed by atoms with Crippen molar-refractivity contribution >= 4 is 11.6 Å². The molecule has 0 atom stereocenters. The lowest BCUT2D eigenvalue weighted by atomic mass is 10.2. The molecule has 2 N–H and O–H groups in total. The maximum Gasteiger partial charge on any atom is 0.434 e. The van der Waals surface area contributed by atoms with E-state index < -0.39 is 23.2 Å². The van der Waals surface area contributed by atoms with Crippen LogP contribution in [-0.4, -0.2) is 20.5 Å². The molecule has 0 aliphatic rings. The minimum absolute atomic E-state index is 0.0336. The number of nitrogens with zero attached hydrogens (tertiary/aromatic N) is 4. The highest BCUT2D eigenvalue weighted by atomic mass is 19.4. The van der Waals surface area contributed by atoms with Gasteiger partial charge in [-0.25, -0.2) is 9.67 Å². The molecule has 0 saturated carbocycles. The van der Waals surface area contributed by atoms with Crippen molar-refractivity contribution in [2.45, 2.75) is 13.1 Å². The fourth-order valence-electron chi connectivity index (χ4n) is 1.73. The third-order valence-corrected chi connectivity index (χ3v) is 2.66. The summed E-state index contributed by atoms with van der Waals surface area (Å²) in [6, 6.07) is 4.15. The van der Waals surface area contributed by atoms with E-state index in [0.29, 0.717) is 4.68 Å². The summed E-state index contributed by atoms with van der Waals surface area (Å²) in [6.45, 7) is 1.01. The summed E-state index contributed by atoms with van der Waals surface area (Å²) >= 11 is 0. The Labute approximate surface area is 116 Å². The summed E-state index contributed by atoms with van der Waals surface area (Å²) in [4.78, 5) is 15.0. The van der Waals surface area contributed by atoms with Gasteiger partial charge in [-0.15, -0.1) is 0 Å². The fraction of sp³-hybridized carbons (Fsp3) is 0.167. The Kier molecular flexibility index (Phi) is 3.39. The first-order valence-electron chi connectivity index (χ1n) is 5.59. The molecule has 6 nitrogen and oxygen atoms in total. The van der Waals surface area contributed by atoms with Gasteiger partial charge in [0, 0.05) is 0 Å². The van der Waals surface area contributed by atoms with Gasteiger partial charge >= 0.3 is 6.18 Å². The molecule has 2 heterocycles. The van der Waals surface area contributed by atoms with Crippen LogP contribution in [0.3, 0.4) is 0 Å². The molecule has 0 bridgehead atoms. The minimum atomic E-state index is -4.79. The van der Waals surface area contributed by atoms with Gasteiger partial charge in [0.2, 0.25) is 0 Å². The van der Waals surface area contributed by atoms with Crippen LogP contribution in [0.2, 0.25) is 0 Å². The number of carbonyl (C=O) groups is 1.